The van der Waals surface area contributed by atoms with Crippen LogP contribution in [0.5, 0.6) is 0 Å². The molecule has 2 rings (SSSR count). The summed E-state index contributed by atoms with van der Waals surface area (Å²) in [6.45, 7) is 9.96. The number of piperidine rings is 1. The lowest BCUT2D eigenvalue weighted by Crippen LogP contribution is -2.50. The predicted molar refractivity (Wildman–Crippen MR) is 115 cm³/mol. The van der Waals surface area contributed by atoms with Gasteiger partial charge in [0, 0.05) is 38.8 Å². The first-order valence-electron chi connectivity index (χ1n) is 8.85. The van der Waals surface area contributed by atoms with Crippen LogP contribution in [0.1, 0.15) is 37.8 Å². The largest absolute Gasteiger partial charge is 0.356 e. The van der Waals surface area contributed by atoms with E-state index in [9.17, 15) is 0 Å². The summed E-state index contributed by atoms with van der Waals surface area (Å²) in [5.41, 5.74) is 2.69. The fourth-order valence-corrected chi connectivity index (χ4v) is 3.14. The van der Waals surface area contributed by atoms with Crippen LogP contribution in [0.2, 0.25) is 0 Å². The van der Waals surface area contributed by atoms with E-state index in [-0.39, 0.29) is 24.0 Å². The number of halogens is 1. The van der Waals surface area contributed by atoms with Crippen molar-refractivity contribution in [2.45, 2.75) is 52.1 Å². The first-order chi connectivity index (χ1) is 11.1. The minimum absolute atomic E-state index is 0. The molecule has 24 heavy (non-hydrogen) atoms. The Labute approximate surface area is 164 Å². The number of benzene rings is 1. The highest BCUT2D eigenvalue weighted by Gasteiger charge is 2.21. The molecule has 0 unspecified atom stereocenters. The number of rotatable bonds is 5. The lowest BCUT2D eigenvalue weighted by atomic mass is 10.0. The van der Waals surface area contributed by atoms with Crippen LogP contribution in [0.4, 0.5) is 0 Å². The van der Waals surface area contributed by atoms with Gasteiger partial charge in [-0.2, -0.15) is 0 Å². The number of nitrogens with zero attached hydrogens (tertiary/aromatic N) is 2. The van der Waals surface area contributed by atoms with Gasteiger partial charge < -0.3 is 15.5 Å². The van der Waals surface area contributed by atoms with Crippen LogP contribution in [0.15, 0.2) is 29.3 Å². The zero-order valence-electron chi connectivity index (χ0n) is 15.5. The van der Waals surface area contributed by atoms with Gasteiger partial charge in [-0.1, -0.05) is 29.8 Å². The summed E-state index contributed by atoms with van der Waals surface area (Å²) in [6, 6.07) is 9.89. The van der Waals surface area contributed by atoms with Crippen LogP contribution in [0.3, 0.4) is 0 Å². The first kappa shape index (κ1) is 21.2. The van der Waals surface area contributed by atoms with Gasteiger partial charge in [-0.05, 0) is 45.6 Å². The molecule has 1 heterocycles. The van der Waals surface area contributed by atoms with Crippen LogP contribution in [-0.4, -0.2) is 49.6 Å². The van der Waals surface area contributed by atoms with Gasteiger partial charge in [-0.3, -0.25) is 4.99 Å². The third-order valence-electron chi connectivity index (χ3n) is 4.61. The average molecular weight is 444 g/mol. The Bertz CT molecular complexity index is 508. The van der Waals surface area contributed by atoms with E-state index in [0.29, 0.717) is 12.1 Å². The highest BCUT2D eigenvalue weighted by Crippen LogP contribution is 2.12. The molecule has 136 valence electrons. The molecule has 0 aromatic heterocycles. The van der Waals surface area contributed by atoms with Crippen LogP contribution in [0, 0.1) is 6.92 Å². The van der Waals surface area contributed by atoms with Gasteiger partial charge >= 0.3 is 0 Å². The van der Waals surface area contributed by atoms with Crippen LogP contribution in [-0.2, 0) is 6.42 Å². The van der Waals surface area contributed by atoms with E-state index >= 15 is 0 Å². The van der Waals surface area contributed by atoms with E-state index in [1.165, 1.54) is 37.1 Å². The minimum Gasteiger partial charge on any atom is -0.356 e. The van der Waals surface area contributed by atoms with Gasteiger partial charge in [0.05, 0.1) is 0 Å². The van der Waals surface area contributed by atoms with Crippen molar-refractivity contribution in [1.82, 2.24) is 15.5 Å². The fraction of sp³-hybridized carbons (Fsp3) is 0.632. The molecule has 1 aromatic carbocycles. The monoisotopic (exact) mass is 444 g/mol. The molecule has 4 nitrogen and oxygen atoms in total. The number of hydrogen-bond acceptors (Lipinski definition) is 2. The molecule has 0 spiro atoms. The number of aryl methyl sites for hydroxylation is 1. The third kappa shape index (κ3) is 6.97. The molecule has 2 N–H and O–H groups in total. The van der Waals surface area contributed by atoms with Crippen molar-refractivity contribution in [1.29, 1.82) is 0 Å². The van der Waals surface area contributed by atoms with Crippen molar-refractivity contribution < 1.29 is 0 Å². The molecule has 0 atom stereocenters. The molecule has 1 fully saturated rings. The maximum absolute atomic E-state index is 4.37. The number of aliphatic imine (C=N–C) groups is 1. The van der Waals surface area contributed by atoms with Crippen molar-refractivity contribution >= 4 is 29.9 Å². The molecule has 0 bridgehead atoms. The van der Waals surface area contributed by atoms with Crippen molar-refractivity contribution in [3.05, 3.63) is 35.4 Å². The van der Waals surface area contributed by atoms with Gasteiger partial charge in [0.15, 0.2) is 5.96 Å². The van der Waals surface area contributed by atoms with E-state index in [2.05, 4.69) is 65.6 Å². The van der Waals surface area contributed by atoms with Gasteiger partial charge in [-0.25, -0.2) is 0 Å². The Morgan fingerprint density at radius 2 is 2.00 bits per heavy atom. The highest BCUT2D eigenvalue weighted by molar-refractivity contribution is 14.0. The maximum atomic E-state index is 4.37. The summed E-state index contributed by atoms with van der Waals surface area (Å²) in [7, 11) is 1.85. The predicted octanol–water partition coefficient (Wildman–Crippen LogP) is 3.19. The molecule has 1 saturated heterocycles. The molecule has 1 aromatic rings. The zero-order chi connectivity index (χ0) is 16.7. The Hall–Kier alpha value is -0.820. The second kappa shape index (κ2) is 10.9. The normalized spacial score (nSPS) is 16.8. The van der Waals surface area contributed by atoms with Crippen molar-refractivity contribution in [2.75, 3.05) is 26.7 Å². The highest BCUT2D eigenvalue weighted by atomic mass is 127. The van der Waals surface area contributed by atoms with Crippen molar-refractivity contribution in [2.24, 2.45) is 4.99 Å². The molecular formula is C19H33IN4. The van der Waals surface area contributed by atoms with Gasteiger partial charge in [0.2, 0.25) is 0 Å². The number of hydrogen-bond donors (Lipinski definition) is 2. The second-order valence-electron chi connectivity index (χ2n) is 6.79. The molecule has 0 radical (unpaired) electrons. The average Bonchev–Trinajstić information content (AvgIpc) is 2.54. The topological polar surface area (TPSA) is 39.7 Å². The standard InChI is InChI=1S/C19H32N4.HI/c1-15(2)23-12-9-18(10-13-23)22-19(20-4)21-11-8-17-7-5-6-16(3)14-17;/h5-7,14-15,18H,8-13H2,1-4H3,(H2,20,21,22);1H. The minimum atomic E-state index is 0. The van der Waals surface area contributed by atoms with E-state index < -0.39 is 0 Å². The molecule has 1 aliphatic rings. The summed E-state index contributed by atoms with van der Waals surface area (Å²) in [4.78, 5) is 6.91. The summed E-state index contributed by atoms with van der Waals surface area (Å²) in [5, 5.41) is 7.02. The van der Waals surface area contributed by atoms with Gasteiger partial charge in [0.1, 0.15) is 0 Å². The molecule has 0 aliphatic carbocycles. The molecular weight excluding hydrogens is 411 g/mol. The van der Waals surface area contributed by atoms with E-state index in [1.807, 2.05) is 7.05 Å². The van der Waals surface area contributed by atoms with Crippen LogP contribution >= 0.6 is 24.0 Å². The Morgan fingerprint density at radius 3 is 2.58 bits per heavy atom. The summed E-state index contributed by atoms with van der Waals surface area (Å²) >= 11 is 0. The lowest BCUT2D eigenvalue weighted by molar-refractivity contribution is 0.167. The number of guanidine groups is 1. The Kier molecular flexibility index (Phi) is 9.66. The smallest absolute Gasteiger partial charge is 0.191 e. The SMILES string of the molecule is CN=C(NCCc1cccc(C)c1)NC1CCN(C(C)C)CC1.I. The van der Waals surface area contributed by atoms with Crippen LogP contribution < -0.4 is 10.6 Å². The molecule has 0 amide bonds. The number of nitrogens with one attached hydrogen (secondary N) is 2. The Morgan fingerprint density at radius 1 is 1.29 bits per heavy atom. The molecule has 1 aliphatic heterocycles. The molecule has 5 heteroatoms. The lowest BCUT2D eigenvalue weighted by Gasteiger charge is -2.35. The third-order valence-corrected chi connectivity index (χ3v) is 4.61. The first-order valence-corrected chi connectivity index (χ1v) is 8.85. The maximum Gasteiger partial charge on any atom is 0.191 e. The van der Waals surface area contributed by atoms with E-state index in [4.69, 9.17) is 0 Å². The van der Waals surface area contributed by atoms with Gasteiger partial charge in [0.25, 0.3) is 0 Å². The summed E-state index contributed by atoms with van der Waals surface area (Å²) in [5.74, 6) is 0.931. The number of likely N-dealkylation sites (tertiary alicyclic amines) is 1. The summed E-state index contributed by atoms with van der Waals surface area (Å²) < 4.78 is 0. The van der Waals surface area contributed by atoms with Crippen molar-refractivity contribution in [3.8, 4) is 0 Å². The fourth-order valence-electron chi connectivity index (χ4n) is 3.14. The second-order valence-corrected chi connectivity index (χ2v) is 6.79. The van der Waals surface area contributed by atoms with Crippen LogP contribution in [0.25, 0.3) is 0 Å². The van der Waals surface area contributed by atoms with Crippen molar-refractivity contribution in [3.63, 3.8) is 0 Å². The van der Waals surface area contributed by atoms with Gasteiger partial charge in [-0.15, -0.1) is 24.0 Å². The Balaban J connectivity index is 0.00000288. The van der Waals surface area contributed by atoms with E-state index in [1.54, 1.807) is 0 Å². The quantitative estimate of drug-likeness (QED) is 0.417. The molecule has 0 saturated carbocycles. The summed E-state index contributed by atoms with van der Waals surface area (Å²) in [6.07, 6.45) is 3.40. The zero-order valence-corrected chi connectivity index (χ0v) is 17.8. The van der Waals surface area contributed by atoms with E-state index in [0.717, 1.165) is 18.9 Å².